The molecule has 3 rings (SSSR count). The van der Waals surface area contributed by atoms with Crippen molar-refractivity contribution in [3.8, 4) is 11.4 Å². The van der Waals surface area contributed by atoms with Gasteiger partial charge in [-0.25, -0.2) is 0 Å². The summed E-state index contributed by atoms with van der Waals surface area (Å²) in [6, 6.07) is 11.7. The topological polar surface area (TPSA) is 42.2 Å². The highest BCUT2D eigenvalue weighted by molar-refractivity contribution is 9.11. The lowest BCUT2D eigenvalue weighted by Crippen LogP contribution is -2.21. The summed E-state index contributed by atoms with van der Waals surface area (Å²) in [7, 11) is 0. The fourth-order valence-electron chi connectivity index (χ4n) is 2.20. The van der Waals surface area contributed by atoms with Crippen molar-refractivity contribution < 1.29 is 4.52 Å². The van der Waals surface area contributed by atoms with E-state index in [4.69, 9.17) is 16.1 Å². The van der Waals surface area contributed by atoms with E-state index in [1.54, 1.807) is 11.3 Å². The van der Waals surface area contributed by atoms with E-state index in [1.807, 2.05) is 24.3 Å². The highest BCUT2D eigenvalue weighted by Crippen LogP contribution is 2.26. The van der Waals surface area contributed by atoms with E-state index < -0.39 is 0 Å². The Labute approximate surface area is 152 Å². The van der Waals surface area contributed by atoms with Crippen LogP contribution in [-0.4, -0.2) is 21.6 Å². The van der Waals surface area contributed by atoms with E-state index in [2.05, 4.69) is 50.0 Å². The van der Waals surface area contributed by atoms with Gasteiger partial charge in [-0.2, -0.15) is 4.98 Å². The summed E-state index contributed by atoms with van der Waals surface area (Å²) in [6.45, 7) is 4.49. The Kier molecular flexibility index (Phi) is 5.48. The Balaban J connectivity index is 1.71. The lowest BCUT2D eigenvalue weighted by atomic mass is 10.2. The number of nitrogens with zero attached hydrogens (tertiary/aromatic N) is 3. The van der Waals surface area contributed by atoms with Crippen LogP contribution >= 0.6 is 38.9 Å². The van der Waals surface area contributed by atoms with E-state index in [0.717, 1.165) is 22.4 Å². The van der Waals surface area contributed by atoms with Gasteiger partial charge in [-0.05, 0) is 46.7 Å². The Morgan fingerprint density at radius 2 is 2.04 bits per heavy atom. The molecule has 0 fully saturated rings. The van der Waals surface area contributed by atoms with Crippen molar-refractivity contribution in [2.24, 2.45) is 0 Å². The first-order valence-electron chi connectivity index (χ1n) is 7.19. The van der Waals surface area contributed by atoms with E-state index >= 15 is 0 Å². The van der Waals surface area contributed by atoms with Gasteiger partial charge >= 0.3 is 0 Å². The fourth-order valence-corrected chi connectivity index (χ4v) is 3.94. The van der Waals surface area contributed by atoms with Gasteiger partial charge in [0, 0.05) is 17.0 Å². The molecule has 1 aromatic carbocycles. The van der Waals surface area contributed by atoms with Gasteiger partial charge in [-0.1, -0.05) is 35.8 Å². The van der Waals surface area contributed by atoms with Crippen molar-refractivity contribution >= 4 is 38.9 Å². The minimum atomic E-state index is 0.528. The maximum atomic E-state index is 6.18. The van der Waals surface area contributed by atoms with Crippen LogP contribution in [0.2, 0.25) is 5.02 Å². The third kappa shape index (κ3) is 4.20. The van der Waals surface area contributed by atoms with Crippen molar-refractivity contribution in [2.75, 3.05) is 6.54 Å². The second-order valence-corrected chi connectivity index (χ2v) is 7.96. The second-order valence-electron chi connectivity index (χ2n) is 5.00. The highest BCUT2D eigenvalue weighted by Gasteiger charge is 2.14. The number of benzene rings is 1. The molecule has 0 amide bonds. The van der Waals surface area contributed by atoms with Gasteiger partial charge in [-0.15, -0.1) is 11.3 Å². The Bertz CT molecular complexity index is 789. The van der Waals surface area contributed by atoms with Crippen LogP contribution in [0, 0.1) is 0 Å². The Hall–Kier alpha value is -1.21. The maximum Gasteiger partial charge on any atom is 0.241 e. The first kappa shape index (κ1) is 16.6. The highest BCUT2D eigenvalue weighted by atomic mass is 79.9. The zero-order valence-corrected chi connectivity index (χ0v) is 15.7. The molecule has 23 heavy (non-hydrogen) atoms. The molecule has 0 radical (unpaired) electrons. The molecule has 0 atom stereocenters. The van der Waals surface area contributed by atoms with Crippen molar-refractivity contribution in [1.29, 1.82) is 0 Å². The molecule has 2 aromatic heterocycles. The van der Waals surface area contributed by atoms with Gasteiger partial charge in [-0.3, -0.25) is 4.90 Å². The summed E-state index contributed by atoms with van der Waals surface area (Å²) in [5, 5.41) is 4.66. The number of rotatable bonds is 6. The SMILES string of the molecule is CCN(Cc1nc(-c2ccccc2Cl)no1)Cc1ccc(Br)s1. The van der Waals surface area contributed by atoms with Crippen molar-refractivity contribution in [1.82, 2.24) is 15.0 Å². The van der Waals surface area contributed by atoms with Crippen LogP contribution in [0.5, 0.6) is 0 Å². The summed E-state index contributed by atoms with van der Waals surface area (Å²) in [5.41, 5.74) is 0.786. The van der Waals surface area contributed by atoms with Gasteiger partial charge in [0.05, 0.1) is 15.4 Å². The summed E-state index contributed by atoms with van der Waals surface area (Å²) < 4.78 is 6.52. The van der Waals surface area contributed by atoms with Gasteiger partial charge < -0.3 is 4.52 Å². The molecular weight excluding hydrogens is 398 g/mol. The monoisotopic (exact) mass is 411 g/mol. The minimum Gasteiger partial charge on any atom is -0.338 e. The normalized spacial score (nSPS) is 11.3. The molecule has 0 saturated heterocycles. The number of aromatic nitrogens is 2. The molecule has 0 aliphatic rings. The molecule has 0 N–H and O–H groups in total. The summed E-state index contributed by atoms with van der Waals surface area (Å²) in [5.74, 6) is 1.12. The lowest BCUT2D eigenvalue weighted by molar-refractivity contribution is 0.230. The van der Waals surface area contributed by atoms with Crippen LogP contribution in [0.4, 0.5) is 0 Å². The molecule has 120 valence electrons. The quantitative estimate of drug-likeness (QED) is 0.555. The van der Waals surface area contributed by atoms with Crippen LogP contribution in [0.1, 0.15) is 17.7 Å². The zero-order valence-electron chi connectivity index (χ0n) is 12.5. The van der Waals surface area contributed by atoms with Gasteiger partial charge in [0.15, 0.2) is 0 Å². The van der Waals surface area contributed by atoms with E-state index in [9.17, 15) is 0 Å². The largest absolute Gasteiger partial charge is 0.338 e. The molecule has 0 aliphatic carbocycles. The number of hydrogen-bond donors (Lipinski definition) is 0. The van der Waals surface area contributed by atoms with Gasteiger partial charge in [0.25, 0.3) is 0 Å². The van der Waals surface area contributed by atoms with Gasteiger partial charge in [0.2, 0.25) is 11.7 Å². The average molecular weight is 413 g/mol. The Morgan fingerprint density at radius 1 is 1.22 bits per heavy atom. The zero-order chi connectivity index (χ0) is 16.2. The smallest absolute Gasteiger partial charge is 0.241 e. The third-order valence-corrected chi connectivity index (χ3v) is 5.34. The third-order valence-electron chi connectivity index (χ3n) is 3.40. The first-order valence-corrected chi connectivity index (χ1v) is 9.18. The van der Waals surface area contributed by atoms with Crippen LogP contribution < -0.4 is 0 Å². The van der Waals surface area contributed by atoms with Crippen LogP contribution in [0.15, 0.2) is 44.7 Å². The molecule has 7 heteroatoms. The molecule has 0 spiro atoms. The second kappa shape index (κ2) is 7.57. The standard InChI is InChI=1S/C16H15BrClN3OS/c1-2-21(9-11-7-8-14(17)23-11)10-15-19-16(20-22-15)12-5-3-4-6-13(12)18/h3-8H,2,9-10H2,1H3. The molecular formula is C16H15BrClN3OS. The van der Waals surface area contributed by atoms with Crippen molar-refractivity contribution in [3.63, 3.8) is 0 Å². The number of halogens is 2. The van der Waals surface area contributed by atoms with Crippen LogP contribution in [-0.2, 0) is 13.1 Å². The molecule has 3 aromatic rings. The van der Waals surface area contributed by atoms with E-state index in [1.165, 1.54) is 4.88 Å². The van der Waals surface area contributed by atoms with Gasteiger partial charge in [0.1, 0.15) is 0 Å². The maximum absolute atomic E-state index is 6.18. The fraction of sp³-hybridized carbons (Fsp3) is 0.250. The average Bonchev–Trinajstić information content (AvgIpc) is 3.16. The van der Waals surface area contributed by atoms with Crippen LogP contribution in [0.3, 0.4) is 0 Å². The Morgan fingerprint density at radius 3 is 2.74 bits per heavy atom. The van der Waals surface area contributed by atoms with E-state index in [0.29, 0.717) is 23.3 Å². The van der Waals surface area contributed by atoms with Crippen LogP contribution in [0.25, 0.3) is 11.4 Å². The first-order chi connectivity index (χ1) is 11.2. The lowest BCUT2D eigenvalue weighted by Gasteiger charge is -2.16. The van der Waals surface area contributed by atoms with E-state index in [-0.39, 0.29) is 0 Å². The summed E-state index contributed by atoms with van der Waals surface area (Å²) in [4.78, 5) is 8.01. The molecule has 4 nitrogen and oxygen atoms in total. The molecule has 0 unspecified atom stereocenters. The number of thiophene rings is 1. The molecule has 0 aliphatic heterocycles. The molecule has 0 saturated carbocycles. The predicted molar refractivity (Wildman–Crippen MR) is 96.6 cm³/mol. The number of hydrogen-bond acceptors (Lipinski definition) is 5. The molecule has 0 bridgehead atoms. The van der Waals surface area contributed by atoms with Crippen molar-refractivity contribution in [2.45, 2.75) is 20.0 Å². The van der Waals surface area contributed by atoms with Crippen molar-refractivity contribution in [3.05, 3.63) is 56.0 Å². The minimum absolute atomic E-state index is 0.528. The summed E-state index contributed by atoms with van der Waals surface area (Å²) in [6.07, 6.45) is 0. The predicted octanol–water partition coefficient (Wildman–Crippen LogP) is 5.24. The molecule has 2 heterocycles. The summed E-state index contributed by atoms with van der Waals surface area (Å²) >= 11 is 11.4.